The van der Waals surface area contributed by atoms with Gasteiger partial charge in [0.25, 0.3) is 5.95 Å². The zero-order valence-electron chi connectivity index (χ0n) is 18.9. The molecule has 2 fully saturated rings. The Hall–Kier alpha value is -2.85. The van der Waals surface area contributed by atoms with Gasteiger partial charge in [-0.1, -0.05) is 26.0 Å². The number of benzene rings is 1. The summed E-state index contributed by atoms with van der Waals surface area (Å²) >= 11 is 0. The molecular formula is C23H29FN6O3. The van der Waals surface area contributed by atoms with Crippen LogP contribution in [0.15, 0.2) is 22.7 Å². The summed E-state index contributed by atoms with van der Waals surface area (Å²) in [5.74, 6) is 1.24. The standard InChI is InChI=1S/C23H29FN6O3/c1-14(2)21-17-4-3-5-18(24)22(17)30(26-21)23-25-19(33-27-23)8-15-6-7-28(9-15)10-16-11-29(12-16)20(32)13-31/h3-5,14-16,31H,6-13H2,1-2H3/t15-/m1/s1. The van der Waals surface area contributed by atoms with E-state index in [9.17, 15) is 9.18 Å². The molecule has 0 bridgehead atoms. The lowest BCUT2D eigenvalue weighted by atomic mass is 9.99. The van der Waals surface area contributed by atoms with E-state index in [1.54, 1.807) is 11.0 Å². The van der Waals surface area contributed by atoms with Gasteiger partial charge in [0.2, 0.25) is 11.8 Å². The molecule has 1 atom stereocenters. The van der Waals surface area contributed by atoms with Gasteiger partial charge in [-0.2, -0.15) is 14.8 Å². The Morgan fingerprint density at radius 3 is 2.85 bits per heavy atom. The van der Waals surface area contributed by atoms with E-state index in [2.05, 4.69) is 20.1 Å². The van der Waals surface area contributed by atoms with E-state index in [-0.39, 0.29) is 23.6 Å². The first-order valence-electron chi connectivity index (χ1n) is 11.5. The minimum Gasteiger partial charge on any atom is -0.387 e. The molecule has 9 nitrogen and oxygen atoms in total. The maximum Gasteiger partial charge on any atom is 0.291 e. The average Bonchev–Trinajstić information content (AvgIpc) is 3.49. The van der Waals surface area contributed by atoms with E-state index >= 15 is 0 Å². The van der Waals surface area contributed by atoms with Gasteiger partial charge in [-0.05, 0) is 36.0 Å². The summed E-state index contributed by atoms with van der Waals surface area (Å²) in [7, 11) is 0. The molecule has 2 saturated heterocycles. The Morgan fingerprint density at radius 1 is 1.27 bits per heavy atom. The summed E-state index contributed by atoms with van der Waals surface area (Å²) in [5, 5.41) is 18.4. The number of aliphatic hydroxyl groups is 1. The fourth-order valence-electron chi connectivity index (χ4n) is 4.98. The Kier molecular flexibility index (Phi) is 5.88. The third-order valence-electron chi connectivity index (χ3n) is 6.67. The van der Waals surface area contributed by atoms with Crippen LogP contribution in [-0.2, 0) is 11.2 Å². The van der Waals surface area contributed by atoms with Crippen LogP contribution in [0.25, 0.3) is 16.9 Å². The van der Waals surface area contributed by atoms with Crippen molar-refractivity contribution in [2.45, 2.75) is 32.6 Å². The number of carbonyl (C=O) groups is 1. The second kappa shape index (κ2) is 8.83. The van der Waals surface area contributed by atoms with E-state index in [0.29, 0.717) is 29.7 Å². The van der Waals surface area contributed by atoms with Crippen LogP contribution in [0, 0.1) is 17.7 Å². The molecule has 0 aliphatic carbocycles. The molecular weight excluding hydrogens is 427 g/mol. The maximum atomic E-state index is 14.6. The zero-order chi connectivity index (χ0) is 23.1. The minimum absolute atomic E-state index is 0.135. The molecule has 176 valence electrons. The summed E-state index contributed by atoms with van der Waals surface area (Å²) in [4.78, 5) is 20.1. The van der Waals surface area contributed by atoms with Gasteiger partial charge < -0.3 is 19.4 Å². The van der Waals surface area contributed by atoms with E-state index in [1.807, 2.05) is 19.9 Å². The molecule has 2 aliphatic heterocycles. The number of aliphatic hydroxyl groups excluding tert-OH is 1. The molecule has 5 rings (SSSR count). The molecule has 2 aliphatic rings. The average molecular weight is 457 g/mol. The summed E-state index contributed by atoms with van der Waals surface area (Å²) in [6.45, 7) is 7.98. The molecule has 0 radical (unpaired) electrons. The van der Waals surface area contributed by atoms with Gasteiger partial charge in [0.15, 0.2) is 0 Å². The van der Waals surface area contributed by atoms with Gasteiger partial charge in [0, 0.05) is 43.9 Å². The molecule has 10 heteroatoms. The van der Waals surface area contributed by atoms with Crippen molar-refractivity contribution in [1.29, 1.82) is 0 Å². The number of amides is 1. The van der Waals surface area contributed by atoms with Crippen molar-refractivity contribution in [3.63, 3.8) is 0 Å². The number of likely N-dealkylation sites (tertiary alicyclic amines) is 2. The van der Waals surface area contributed by atoms with Crippen molar-refractivity contribution in [2.75, 3.05) is 39.3 Å². The Labute approximate surface area is 191 Å². The van der Waals surface area contributed by atoms with Crippen molar-refractivity contribution in [1.82, 2.24) is 29.7 Å². The molecule has 0 unspecified atom stereocenters. The highest BCUT2D eigenvalue weighted by atomic mass is 19.1. The van der Waals surface area contributed by atoms with Gasteiger partial charge in [-0.25, -0.2) is 4.39 Å². The fourth-order valence-corrected chi connectivity index (χ4v) is 4.98. The number of hydrogen-bond acceptors (Lipinski definition) is 7. The predicted octanol–water partition coefficient (Wildman–Crippen LogP) is 1.99. The van der Waals surface area contributed by atoms with Gasteiger partial charge in [-0.3, -0.25) is 4.79 Å². The topological polar surface area (TPSA) is 101 Å². The quantitative estimate of drug-likeness (QED) is 0.580. The van der Waals surface area contributed by atoms with Gasteiger partial charge >= 0.3 is 0 Å². The van der Waals surface area contributed by atoms with Crippen molar-refractivity contribution < 1.29 is 18.8 Å². The van der Waals surface area contributed by atoms with Gasteiger partial charge in [-0.15, -0.1) is 0 Å². The van der Waals surface area contributed by atoms with Crippen LogP contribution in [0.1, 0.15) is 37.8 Å². The molecule has 4 heterocycles. The number of fused-ring (bicyclic) bond motifs is 1. The molecule has 0 saturated carbocycles. The third kappa shape index (κ3) is 4.24. The van der Waals surface area contributed by atoms with Crippen molar-refractivity contribution in [2.24, 2.45) is 11.8 Å². The highest BCUT2D eigenvalue weighted by Gasteiger charge is 2.34. The first kappa shape index (κ1) is 22.0. The molecule has 1 N–H and O–H groups in total. The third-order valence-corrected chi connectivity index (χ3v) is 6.67. The lowest BCUT2D eigenvalue weighted by Crippen LogP contribution is -2.54. The molecule has 1 amide bonds. The lowest BCUT2D eigenvalue weighted by molar-refractivity contribution is -0.140. The summed E-state index contributed by atoms with van der Waals surface area (Å²) < 4.78 is 21.6. The molecule has 2 aromatic heterocycles. The lowest BCUT2D eigenvalue weighted by Gasteiger charge is -2.40. The van der Waals surface area contributed by atoms with Crippen LogP contribution in [-0.4, -0.2) is 80.1 Å². The van der Waals surface area contributed by atoms with Crippen molar-refractivity contribution in [3.8, 4) is 5.95 Å². The number of halogens is 1. The zero-order valence-corrected chi connectivity index (χ0v) is 18.9. The smallest absolute Gasteiger partial charge is 0.291 e. The van der Waals surface area contributed by atoms with Crippen LogP contribution >= 0.6 is 0 Å². The number of aromatic nitrogens is 4. The molecule has 1 aromatic carbocycles. The van der Waals surface area contributed by atoms with Crippen LogP contribution in [0.3, 0.4) is 0 Å². The Bertz CT molecular complexity index is 1150. The Balaban J connectivity index is 1.23. The van der Waals surface area contributed by atoms with Gasteiger partial charge in [0.05, 0.1) is 5.69 Å². The second-order valence-corrected chi connectivity index (χ2v) is 9.52. The van der Waals surface area contributed by atoms with Crippen molar-refractivity contribution in [3.05, 3.63) is 35.6 Å². The second-order valence-electron chi connectivity index (χ2n) is 9.52. The number of rotatable bonds is 7. The number of hydrogen-bond donors (Lipinski definition) is 1. The monoisotopic (exact) mass is 456 g/mol. The maximum absolute atomic E-state index is 14.6. The largest absolute Gasteiger partial charge is 0.387 e. The van der Waals surface area contributed by atoms with E-state index in [1.165, 1.54) is 10.7 Å². The summed E-state index contributed by atoms with van der Waals surface area (Å²) in [5.41, 5.74) is 1.17. The number of carbonyl (C=O) groups excluding carboxylic acids is 1. The highest BCUT2D eigenvalue weighted by molar-refractivity contribution is 5.84. The number of nitrogens with zero attached hydrogens (tertiary/aromatic N) is 6. The van der Waals surface area contributed by atoms with Crippen LogP contribution in [0.5, 0.6) is 0 Å². The van der Waals surface area contributed by atoms with Crippen molar-refractivity contribution >= 4 is 16.8 Å². The molecule has 3 aromatic rings. The first-order chi connectivity index (χ1) is 15.9. The number of para-hydroxylation sites is 1. The normalized spacial score (nSPS) is 19.7. The fraction of sp³-hybridized carbons (Fsp3) is 0.565. The summed E-state index contributed by atoms with van der Waals surface area (Å²) in [6, 6.07) is 4.97. The SMILES string of the molecule is CC(C)c1nn(-c2noc(C[C@H]3CCN(CC4CN(C(=O)CO)C4)C3)n2)c2c(F)cccc12. The predicted molar refractivity (Wildman–Crippen MR) is 118 cm³/mol. The molecule has 0 spiro atoms. The van der Waals surface area contributed by atoms with E-state index in [4.69, 9.17) is 9.63 Å². The minimum atomic E-state index is -0.412. The van der Waals surface area contributed by atoms with Gasteiger partial charge in [0.1, 0.15) is 17.9 Å². The van der Waals surface area contributed by atoms with Crippen LogP contribution in [0.4, 0.5) is 4.39 Å². The molecule has 33 heavy (non-hydrogen) atoms. The van der Waals surface area contributed by atoms with Crippen LogP contribution < -0.4 is 0 Å². The highest BCUT2D eigenvalue weighted by Crippen LogP contribution is 2.29. The first-order valence-corrected chi connectivity index (χ1v) is 11.5. The van der Waals surface area contributed by atoms with E-state index in [0.717, 1.165) is 50.2 Å². The van der Waals surface area contributed by atoms with Crippen LogP contribution in [0.2, 0.25) is 0 Å². The van der Waals surface area contributed by atoms with E-state index < -0.39 is 6.61 Å². The Morgan fingerprint density at radius 2 is 2.09 bits per heavy atom. The summed E-state index contributed by atoms with van der Waals surface area (Å²) in [6.07, 6.45) is 1.71.